The first-order chi connectivity index (χ1) is 11.7. The number of fused-ring (bicyclic) bond motifs is 1. The third-order valence-electron chi connectivity index (χ3n) is 3.90. The molecule has 0 saturated heterocycles. The normalized spacial score (nSPS) is 11.0. The van der Waals surface area contributed by atoms with E-state index in [-0.39, 0.29) is 11.1 Å². The van der Waals surface area contributed by atoms with Gasteiger partial charge in [0, 0.05) is 0 Å². The molecule has 0 amide bonds. The molecule has 2 heterocycles. The molecule has 0 unspecified atom stereocenters. The van der Waals surface area contributed by atoms with E-state index in [4.69, 9.17) is 0 Å². The van der Waals surface area contributed by atoms with Crippen LogP contribution in [0.5, 0.6) is 0 Å². The lowest BCUT2D eigenvalue weighted by atomic mass is 10.2. The third kappa shape index (κ3) is 2.48. The van der Waals surface area contributed by atoms with Crippen molar-refractivity contribution in [2.45, 2.75) is 13.5 Å². The molecule has 2 aromatic carbocycles. The van der Waals surface area contributed by atoms with Crippen LogP contribution in [0, 0.1) is 6.92 Å². The number of nitrogens with zero attached hydrogens (tertiary/aromatic N) is 5. The number of hydrogen-bond donors (Lipinski definition) is 0. The molecule has 0 aliphatic carbocycles. The number of aromatic nitrogens is 5. The number of hydrogen-bond acceptors (Lipinski definition) is 4. The van der Waals surface area contributed by atoms with Gasteiger partial charge in [0.2, 0.25) is 0 Å². The van der Waals surface area contributed by atoms with E-state index in [0.29, 0.717) is 12.2 Å². The Bertz CT molecular complexity index is 1050. The zero-order valence-corrected chi connectivity index (χ0v) is 13.1. The largest absolute Gasteiger partial charge is 0.293 e. The van der Waals surface area contributed by atoms with Crippen LogP contribution in [0.1, 0.15) is 11.1 Å². The number of aryl methyl sites for hydroxylation is 1. The Morgan fingerprint density at radius 3 is 2.50 bits per heavy atom. The van der Waals surface area contributed by atoms with Gasteiger partial charge in [0.15, 0.2) is 11.2 Å². The first kappa shape index (κ1) is 14.3. The molecule has 0 spiro atoms. The van der Waals surface area contributed by atoms with E-state index in [2.05, 4.69) is 15.3 Å². The van der Waals surface area contributed by atoms with Gasteiger partial charge in [-0.3, -0.25) is 9.36 Å². The summed E-state index contributed by atoms with van der Waals surface area (Å²) in [6.07, 6.45) is 1.55. The van der Waals surface area contributed by atoms with Crippen molar-refractivity contribution in [3.63, 3.8) is 0 Å². The van der Waals surface area contributed by atoms with Crippen LogP contribution >= 0.6 is 0 Å². The second-order valence-corrected chi connectivity index (χ2v) is 5.67. The Balaban J connectivity index is 1.78. The van der Waals surface area contributed by atoms with Crippen molar-refractivity contribution in [3.05, 3.63) is 82.4 Å². The van der Waals surface area contributed by atoms with Crippen molar-refractivity contribution in [2.24, 2.45) is 0 Å². The molecule has 0 radical (unpaired) electrons. The quantitative estimate of drug-likeness (QED) is 0.582. The molecule has 6 nitrogen and oxygen atoms in total. The van der Waals surface area contributed by atoms with E-state index in [1.807, 2.05) is 61.5 Å². The molecule has 0 atom stereocenters. The second kappa shape index (κ2) is 5.73. The summed E-state index contributed by atoms with van der Waals surface area (Å²) >= 11 is 0. The lowest BCUT2D eigenvalue weighted by molar-refractivity contribution is 0.745. The summed E-state index contributed by atoms with van der Waals surface area (Å²) in [5.74, 6) is 0. The highest BCUT2D eigenvalue weighted by molar-refractivity contribution is 5.70. The van der Waals surface area contributed by atoms with Gasteiger partial charge in [-0.05, 0) is 24.6 Å². The van der Waals surface area contributed by atoms with Crippen LogP contribution in [-0.2, 0) is 6.54 Å². The molecule has 4 aromatic rings. The standard InChI is InChI=1S/C18H15N5O/c1-13-7-9-15(10-8-13)23-17-16(20-21-23)18(24)22(12-19-17)11-14-5-3-2-4-6-14/h2-10,12H,11H2,1H3. The SMILES string of the molecule is Cc1ccc(-n2nnc3c(=O)n(Cc4ccccc4)cnc32)cc1. The Morgan fingerprint density at radius 2 is 1.75 bits per heavy atom. The molecule has 6 heteroatoms. The molecule has 0 fully saturated rings. The summed E-state index contributed by atoms with van der Waals surface area (Å²) in [4.78, 5) is 17.0. The predicted octanol–water partition coefficient (Wildman–Crippen LogP) is 2.33. The summed E-state index contributed by atoms with van der Waals surface area (Å²) in [7, 11) is 0. The van der Waals surface area contributed by atoms with E-state index in [1.54, 1.807) is 15.6 Å². The Labute approximate surface area is 138 Å². The first-order valence-electron chi connectivity index (χ1n) is 7.64. The van der Waals surface area contributed by atoms with Gasteiger partial charge in [-0.2, -0.15) is 4.68 Å². The van der Waals surface area contributed by atoms with E-state index in [0.717, 1.165) is 16.8 Å². The molecule has 4 rings (SSSR count). The molecule has 0 saturated carbocycles. The Kier molecular flexibility index (Phi) is 3.42. The van der Waals surface area contributed by atoms with Gasteiger partial charge in [0.25, 0.3) is 5.56 Å². The monoisotopic (exact) mass is 317 g/mol. The fourth-order valence-corrected chi connectivity index (χ4v) is 2.60. The molecule has 118 valence electrons. The lowest BCUT2D eigenvalue weighted by Crippen LogP contribution is -2.21. The van der Waals surface area contributed by atoms with Crippen molar-refractivity contribution in [1.82, 2.24) is 24.5 Å². The Morgan fingerprint density at radius 1 is 1.00 bits per heavy atom. The van der Waals surface area contributed by atoms with Crippen molar-refractivity contribution in [1.29, 1.82) is 0 Å². The highest BCUT2D eigenvalue weighted by atomic mass is 16.1. The van der Waals surface area contributed by atoms with Crippen molar-refractivity contribution < 1.29 is 0 Å². The average molecular weight is 317 g/mol. The fraction of sp³-hybridized carbons (Fsp3) is 0.111. The van der Waals surface area contributed by atoms with Gasteiger partial charge in [-0.1, -0.05) is 53.2 Å². The molecule has 0 N–H and O–H groups in total. The van der Waals surface area contributed by atoms with Crippen LogP contribution < -0.4 is 5.56 Å². The number of rotatable bonds is 3. The van der Waals surface area contributed by atoms with Gasteiger partial charge >= 0.3 is 0 Å². The van der Waals surface area contributed by atoms with Crippen LogP contribution in [0.4, 0.5) is 0 Å². The third-order valence-corrected chi connectivity index (χ3v) is 3.90. The van der Waals surface area contributed by atoms with Gasteiger partial charge in [-0.25, -0.2) is 4.98 Å². The molecular formula is C18H15N5O. The van der Waals surface area contributed by atoms with Crippen LogP contribution in [0.25, 0.3) is 16.9 Å². The highest BCUT2D eigenvalue weighted by Crippen LogP contribution is 2.12. The smallest absolute Gasteiger partial charge is 0.283 e. The van der Waals surface area contributed by atoms with Crippen molar-refractivity contribution in [3.8, 4) is 5.69 Å². The van der Waals surface area contributed by atoms with E-state index >= 15 is 0 Å². The summed E-state index contributed by atoms with van der Waals surface area (Å²) in [5.41, 5.74) is 3.56. The fourth-order valence-electron chi connectivity index (χ4n) is 2.60. The zero-order valence-electron chi connectivity index (χ0n) is 13.1. The predicted molar refractivity (Wildman–Crippen MR) is 91.2 cm³/mol. The second-order valence-electron chi connectivity index (χ2n) is 5.67. The Hall–Kier alpha value is -3.28. The van der Waals surface area contributed by atoms with E-state index < -0.39 is 0 Å². The number of benzene rings is 2. The topological polar surface area (TPSA) is 65.6 Å². The molecule has 2 aromatic heterocycles. The summed E-state index contributed by atoms with van der Waals surface area (Å²) in [5, 5.41) is 8.13. The minimum Gasteiger partial charge on any atom is -0.293 e. The first-order valence-corrected chi connectivity index (χ1v) is 7.64. The molecule has 24 heavy (non-hydrogen) atoms. The summed E-state index contributed by atoms with van der Waals surface area (Å²) in [6.45, 7) is 2.48. The van der Waals surface area contributed by atoms with Gasteiger partial charge in [-0.15, -0.1) is 5.10 Å². The maximum absolute atomic E-state index is 12.6. The van der Waals surface area contributed by atoms with E-state index in [1.165, 1.54) is 0 Å². The van der Waals surface area contributed by atoms with Gasteiger partial charge < -0.3 is 0 Å². The average Bonchev–Trinajstić information content (AvgIpc) is 3.04. The maximum atomic E-state index is 12.6. The van der Waals surface area contributed by atoms with Gasteiger partial charge in [0.1, 0.15) is 6.33 Å². The van der Waals surface area contributed by atoms with Crippen molar-refractivity contribution >= 4 is 11.2 Å². The maximum Gasteiger partial charge on any atom is 0.283 e. The molecular weight excluding hydrogens is 302 g/mol. The van der Waals surface area contributed by atoms with Crippen LogP contribution in [-0.4, -0.2) is 24.5 Å². The zero-order chi connectivity index (χ0) is 16.5. The summed E-state index contributed by atoms with van der Waals surface area (Å²) < 4.78 is 3.13. The molecule has 0 bridgehead atoms. The molecule has 0 aliphatic rings. The highest BCUT2D eigenvalue weighted by Gasteiger charge is 2.13. The van der Waals surface area contributed by atoms with Gasteiger partial charge in [0.05, 0.1) is 12.2 Å². The minimum absolute atomic E-state index is 0.192. The minimum atomic E-state index is -0.192. The van der Waals surface area contributed by atoms with Crippen LogP contribution in [0.2, 0.25) is 0 Å². The lowest BCUT2D eigenvalue weighted by Gasteiger charge is -2.05. The van der Waals surface area contributed by atoms with Crippen molar-refractivity contribution in [2.75, 3.05) is 0 Å². The van der Waals surface area contributed by atoms with Crippen LogP contribution in [0.15, 0.2) is 65.7 Å². The summed E-state index contributed by atoms with van der Waals surface area (Å²) in [6, 6.07) is 17.6. The molecule has 0 aliphatic heterocycles. The van der Waals surface area contributed by atoms with E-state index in [9.17, 15) is 4.79 Å². The van der Waals surface area contributed by atoms with Crippen LogP contribution in [0.3, 0.4) is 0 Å².